The van der Waals surface area contributed by atoms with E-state index < -0.39 is 0 Å². The minimum Gasteiger partial charge on any atom is -0.385 e. The lowest BCUT2D eigenvalue weighted by molar-refractivity contribution is 0.0668. The Labute approximate surface area is 125 Å². The van der Waals surface area contributed by atoms with Crippen LogP contribution in [0.3, 0.4) is 0 Å². The number of nitrogens with zero attached hydrogens (tertiary/aromatic N) is 2. The minimum absolute atomic E-state index is 0. The minimum atomic E-state index is -0.138. The van der Waals surface area contributed by atoms with Crippen molar-refractivity contribution in [1.29, 1.82) is 0 Å². The monoisotopic (exact) mass is 303 g/mol. The number of amides is 1. The third-order valence-corrected chi connectivity index (χ3v) is 2.62. The van der Waals surface area contributed by atoms with Crippen LogP contribution in [0.15, 0.2) is 18.2 Å². The van der Waals surface area contributed by atoms with Crippen molar-refractivity contribution in [2.24, 2.45) is 0 Å². The second kappa shape index (κ2) is 10.4. The molecule has 0 fully saturated rings. The summed E-state index contributed by atoms with van der Waals surface area (Å²) in [6, 6.07) is 5.04. The molecule has 114 valence electrons. The topological polar surface area (TPSA) is 77.7 Å². The predicted molar refractivity (Wildman–Crippen MR) is 80.2 cm³/mol. The van der Waals surface area contributed by atoms with Gasteiger partial charge in [-0.25, -0.2) is 4.98 Å². The summed E-state index contributed by atoms with van der Waals surface area (Å²) in [5.41, 5.74) is 5.95. The standard InChI is InChI=1S/C13H21N3O3.ClH/c1-18-9-4-7-16(8-10-19-2)13(17)11-5-3-6-12(14)15-11;/h3,5-6H,4,7-10H2,1-2H3,(H2,14,15);1H. The normalized spacial score (nSPS) is 9.90. The number of methoxy groups -OCH3 is 2. The zero-order valence-corrected chi connectivity index (χ0v) is 12.7. The Morgan fingerprint density at radius 2 is 1.95 bits per heavy atom. The molecule has 0 saturated carbocycles. The average molecular weight is 304 g/mol. The Morgan fingerprint density at radius 3 is 2.55 bits per heavy atom. The van der Waals surface area contributed by atoms with Crippen LogP contribution in [0, 0.1) is 0 Å². The van der Waals surface area contributed by atoms with Gasteiger partial charge in [0.15, 0.2) is 0 Å². The molecule has 6 nitrogen and oxygen atoms in total. The molecule has 1 amide bonds. The number of pyridine rings is 1. The van der Waals surface area contributed by atoms with Crippen LogP contribution in [-0.2, 0) is 9.47 Å². The molecule has 0 radical (unpaired) electrons. The molecule has 0 spiro atoms. The number of hydrogen-bond donors (Lipinski definition) is 1. The number of carbonyl (C=O) groups excluding carboxylic acids is 1. The number of nitrogen functional groups attached to an aromatic ring is 1. The Balaban J connectivity index is 0.00000361. The quantitative estimate of drug-likeness (QED) is 0.730. The van der Waals surface area contributed by atoms with E-state index in [4.69, 9.17) is 15.2 Å². The lowest BCUT2D eigenvalue weighted by Crippen LogP contribution is -2.35. The smallest absolute Gasteiger partial charge is 0.272 e. The summed E-state index contributed by atoms with van der Waals surface area (Å²) in [6.07, 6.45) is 0.772. The zero-order valence-electron chi connectivity index (χ0n) is 11.9. The van der Waals surface area contributed by atoms with Crippen molar-refractivity contribution in [2.45, 2.75) is 6.42 Å². The second-order valence-corrected chi connectivity index (χ2v) is 4.08. The number of carbonyl (C=O) groups is 1. The molecule has 7 heteroatoms. The largest absolute Gasteiger partial charge is 0.385 e. The van der Waals surface area contributed by atoms with Gasteiger partial charge in [0.2, 0.25) is 0 Å². The lowest BCUT2D eigenvalue weighted by Gasteiger charge is -2.22. The first kappa shape index (κ1) is 18.6. The zero-order chi connectivity index (χ0) is 14.1. The first-order chi connectivity index (χ1) is 9.19. The number of nitrogens with two attached hydrogens (primary N) is 1. The molecule has 0 atom stereocenters. The molecular formula is C13H22ClN3O3. The summed E-state index contributed by atoms with van der Waals surface area (Å²) in [5.74, 6) is 0.204. The number of halogens is 1. The highest BCUT2D eigenvalue weighted by molar-refractivity contribution is 5.92. The van der Waals surface area contributed by atoms with E-state index in [1.165, 1.54) is 0 Å². The first-order valence-corrected chi connectivity index (χ1v) is 6.18. The molecule has 1 aromatic rings. The maximum Gasteiger partial charge on any atom is 0.272 e. The Kier molecular flexibility index (Phi) is 9.71. The maximum atomic E-state index is 12.3. The van der Waals surface area contributed by atoms with Crippen molar-refractivity contribution in [3.05, 3.63) is 23.9 Å². The summed E-state index contributed by atoms with van der Waals surface area (Å²) in [6.45, 7) is 2.23. The van der Waals surface area contributed by atoms with Gasteiger partial charge in [-0.3, -0.25) is 4.79 Å². The molecular weight excluding hydrogens is 282 g/mol. The molecule has 2 N–H and O–H groups in total. The lowest BCUT2D eigenvalue weighted by atomic mass is 10.3. The van der Waals surface area contributed by atoms with Gasteiger partial charge in [0, 0.05) is 33.9 Å². The second-order valence-electron chi connectivity index (χ2n) is 4.08. The molecule has 0 aliphatic heterocycles. The van der Waals surface area contributed by atoms with Gasteiger partial charge in [0.1, 0.15) is 11.5 Å². The summed E-state index contributed by atoms with van der Waals surface area (Å²) in [5, 5.41) is 0. The molecule has 0 bridgehead atoms. The number of ether oxygens (including phenoxy) is 2. The average Bonchev–Trinajstić information content (AvgIpc) is 2.42. The van der Waals surface area contributed by atoms with Crippen molar-refractivity contribution < 1.29 is 14.3 Å². The molecule has 1 rings (SSSR count). The molecule has 0 aliphatic rings. The summed E-state index contributed by atoms with van der Waals surface area (Å²) in [4.78, 5) is 18.1. The summed E-state index contributed by atoms with van der Waals surface area (Å²) in [7, 11) is 3.25. The van der Waals surface area contributed by atoms with Crippen LogP contribution < -0.4 is 5.73 Å². The van der Waals surface area contributed by atoms with Crippen molar-refractivity contribution >= 4 is 24.1 Å². The van der Waals surface area contributed by atoms with Crippen LogP contribution in [0.5, 0.6) is 0 Å². The first-order valence-electron chi connectivity index (χ1n) is 6.18. The van der Waals surface area contributed by atoms with Crippen molar-refractivity contribution in [1.82, 2.24) is 9.88 Å². The Bertz CT molecular complexity index is 404. The van der Waals surface area contributed by atoms with E-state index in [2.05, 4.69) is 4.98 Å². The van der Waals surface area contributed by atoms with Gasteiger partial charge in [0.05, 0.1) is 6.61 Å². The van der Waals surface area contributed by atoms with Crippen LogP contribution in [0.1, 0.15) is 16.9 Å². The van der Waals surface area contributed by atoms with E-state index >= 15 is 0 Å². The van der Waals surface area contributed by atoms with Gasteiger partial charge < -0.3 is 20.1 Å². The van der Waals surface area contributed by atoms with Gasteiger partial charge in [-0.1, -0.05) is 6.07 Å². The molecule has 1 aromatic heterocycles. The van der Waals surface area contributed by atoms with Crippen molar-refractivity contribution in [3.8, 4) is 0 Å². The molecule has 0 aliphatic carbocycles. The van der Waals surface area contributed by atoms with Crippen LogP contribution in [-0.4, -0.2) is 56.3 Å². The SMILES string of the molecule is COCCCN(CCOC)C(=O)c1cccc(N)n1.Cl. The molecule has 20 heavy (non-hydrogen) atoms. The highest BCUT2D eigenvalue weighted by Gasteiger charge is 2.16. The summed E-state index contributed by atoms with van der Waals surface area (Å²) < 4.78 is 10.0. The fourth-order valence-corrected chi connectivity index (χ4v) is 1.65. The number of rotatable bonds is 8. The van der Waals surface area contributed by atoms with Crippen LogP contribution in [0.2, 0.25) is 0 Å². The number of aromatic nitrogens is 1. The van der Waals surface area contributed by atoms with Crippen LogP contribution >= 0.6 is 12.4 Å². The Hall–Kier alpha value is -1.37. The van der Waals surface area contributed by atoms with E-state index in [0.717, 1.165) is 6.42 Å². The van der Waals surface area contributed by atoms with Gasteiger partial charge in [0.25, 0.3) is 5.91 Å². The molecule has 0 saturated heterocycles. The van der Waals surface area contributed by atoms with Gasteiger partial charge >= 0.3 is 0 Å². The van der Waals surface area contributed by atoms with E-state index in [0.29, 0.717) is 37.8 Å². The van der Waals surface area contributed by atoms with Crippen molar-refractivity contribution in [2.75, 3.05) is 46.3 Å². The van der Waals surface area contributed by atoms with E-state index in [-0.39, 0.29) is 18.3 Å². The molecule has 1 heterocycles. The maximum absolute atomic E-state index is 12.3. The number of hydrogen-bond acceptors (Lipinski definition) is 5. The van der Waals surface area contributed by atoms with Gasteiger partial charge in [-0.2, -0.15) is 0 Å². The number of anilines is 1. The highest BCUT2D eigenvalue weighted by Crippen LogP contribution is 2.06. The van der Waals surface area contributed by atoms with Gasteiger partial charge in [-0.05, 0) is 18.6 Å². The van der Waals surface area contributed by atoms with Gasteiger partial charge in [-0.15, -0.1) is 12.4 Å². The predicted octanol–water partition coefficient (Wildman–Crippen LogP) is 1.21. The third-order valence-electron chi connectivity index (χ3n) is 2.62. The molecule has 0 aromatic carbocycles. The third kappa shape index (κ3) is 6.18. The van der Waals surface area contributed by atoms with E-state index in [9.17, 15) is 4.79 Å². The Morgan fingerprint density at radius 1 is 1.25 bits per heavy atom. The van der Waals surface area contributed by atoms with E-state index in [1.54, 1.807) is 37.3 Å². The fraction of sp³-hybridized carbons (Fsp3) is 0.538. The molecule has 0 unspecified atom stereocenters. The highest BCUT2D eigenvalue weighted by atomic mass is 35.5. The fourth-order valence-electron chi connectivity index (χ4n) is 1.65. The summed E-state index contributed by atoms with van der Waals surface area (Å²) >= 11 is 0. The van der Waals surface area contributed by atoms with Crippen LogP contribution in [0.25, 0.3) is 0 Å². The van der Waals surface area contributed by atoms with Crippen LogP contribution in [0.4, 0.5) is 5.82 Å². The van der Waals surface area contributed by atoms with E-state index in [1.807, 2.05) is 0 Å². The van der Waals surface area contributed by atoms with Crippen molar-refractivity contribution in [3.63, 3.8) is 0 Å².